The van der Waals surface area contributed by atoms with Crippen LogP contribution in [0.5, 0.6) is 0 Å². The van der Waals surface area contributed by atoms with E-state index in [0.717, 1.165) is 62.1 Å². The van der Waals surface area contributed by atoms with Crippen LogP contribution in [0.25, 0.3) is 11.0 Å². The number of hydrogen-bond donors (Lipinski definition) is 1. The minimum Gasteiger partial charge on any atom is -0.376 e. The maximum absolute atomic E-state index is 12.8. The molecule has 0 aromatic carbocycles. The molecule has 3 saturated heterocycles. The summed E-state index contributed by atoms with van der Waals surface area (Å²) in [7, 11) is 0. The average Bonchev–Trinajstić information content (AvgIpc) is 3.29. The van der Waals surface area contributed by atoms with Crippen molar-refractivity contribution in [1.29, 1.82) is 0 Å². The second-order valence-electron chi connectivity index (χ2n) is 7.65. The maximum Gasteiger partial charge on any atom is 0.239 e. The number of rotatable bonds is 2. The smallest absolute Gasteiger partial charge is 0.239 e. The summed E-state index contributed by atoms with van der Waals surface area (Å²) in [6, 6.07) is 8.49. The van der Waals surface area contributed by atoms with Crippen LogP contribution in [0.3, 0.4) is 0 Å². The van der Waals surface area contributed by atoms with E-state index in [1.165, 1.54) is 0 Å². The van der Waals surface area contributed by atoms with Gasteiger partial charge in [0.2, 0.25) is 5.91 Å². The zero-order valence-electron chi connectivity index (χ0n) is 14.8. The van der Waals surface area contributed by atoms with E-state index in [2.05, 4.69) is 22.4 Å². The number of likely N-dealkylation sites (tertiary alicyclic amines) is 1. The first-order valence-corrected chi connectivity index (χ1v) is 9.66. The molecule has 26 heavy (non-hydrogen) atoms. The first-order chi connectivity index (χ1) is 12.8. The molecule has 0 spiro atoms. The van der Waals surface area contributed by atoms with Crippen LogP contribution >= 0.6 is 0 Å². The Bertz CT molecular complexity index is 806. The zero-order valence-corrected chi connectivity index (χ0v) is 14.8. The van der Waals surface area contributed by atoms with Crippen molar-refractivity contribution >= 4 is 16.9 Å². The van der Waals surface area contributed by atoms with Gasteiger partial charge >= 0.3 is 0 Å². The number of nitrogens with zero attached hydrogens (tertiary/aromatic N) is 3. The van der Waals surface area contributed by atoms with Crippen molar-refractivity contribution in [1.82, 2.24) is 20.2 Å². The second-order valence-corrected chi connectivity index (χ2v) is 7.65. The van der Waals surface area contributed by atoms with Crippen LogP contribution in [-0.4, -0.2) is 58.7 Å². The normalized spacial score (nSPS) is 29.2. The summed E-state index contributed by atoms with van der Waals surface area (Å²) < 4.78 is 5.71. The molecule has 1 N–H and O–H groups in total. The van der Waals surface area contributed by atoms with E-state index in [1.807, 2.05) is 17.0 Å². The number of carbonyl (C=O) groups is 1. The second kappa shape index (κ2) is 6.59. The number of pyridine rings is 2. The molecule has 1 amide bonds. The van der Waals surface area contributed by atoms with E-state index in [4.69, 9.17) is 9.72 Å². The van der Waals surface area contributed by atoms with Crippen LogP contribution in [0.1, 0.15) is 37.3 Å². The van der Waals surface area contributed by atoms with Gasteiger partial charge in [0.15, 0.2) is 5.65 Å². The molecule has 6 heteroatoms. The van der Waals surface area contributed by atoms with Crippen LogP contribution in [-0.2, 0) is 9.53 Å². The molecule has 3 aliphatic heterocycles. The highest BCUT2D eigenvalue weighted by Gasteiger charge is 2.42. The molecule has 0 saturated carbocycles. The highest BCUT2D eigenvalue weighted by atomic mass is 16.5. The van der Waals surface area contributed by atoms with Gasteiger partial charge in [0, 0.05) is 48.9 Å². The molecule has 3 aliphatic rings. The highest BCUT2D eigenvalue weighted by Crippen LogP contribution is 2.30. The number of aromatic nitrogens is 2. The van der Waals surface area contributed by atoms with E-state index in [0.29, 0.717) is 12.0 Å². The van der Waals surface area contributed by atoms with E-state index in [1.54, 1.807) is 6.20 Å². The summed E-state index contributed by atoms with van der Waals surface area (Å²) in [5.41, 5.74) is 1.91. The van der Waals surface area contributed by atoms with Gasteiger partial charge in [0.1, 0.15) is 0 Å². The molecule has 3 atom stereocenters. The lowest BCUT2D eigenvalue weighted by Gasteiger charge is -2.33. The van der Waals surface area contributed by atoms with Crippen molar-refractivity contribution in [3.8, 4) is 0 Å². The van der Waals surface area contributed by atoms with E-state index in [-0.39, 0.29) is 18.1 Å². The monoisotopic (exact) mass is 352 g/mol. The lowest BCUT2D eigenvalue weighted by molar-refractivity contribution is -0.134. The van der Waals surface area contributed by atoms with Crippen LogP contribution in [0.4, 0.5) is 0 Å². The Morgan fingerprint density at radius 2 is 2.08 bits per heavy atom. The first kappa shape index (κ1) is 16.1. The number of fused-ring (bicyclic) bond motifs is 2. The average molecular weight is 352 g/mol. The number of ether oxygens (including phenoxy) is 1. The van der Waals surface area contributed by atoms with Gasteiger partial charge in [-0.1, -0.05) is 0 Å². The Morgan fingerprint density at radius 3 is 2.92 bits per heavy atom. The van der Waals surface area contributed by atoms with Gasteiger partial charge < -0.3 is 15.0 Å². The van der Waals surface area contributed by atoms with E-state index >= 15 is 0 Å². The lowest BCUT2D eigenvalue weighted by Crippen LogP contribution is -2.48. The van der Waals surface area contributed by atoms with Crippen molar-refractivity contribution < 1.29 is 9.53 Å². The Kier molecular flexibility index (Phi) is 4.10. The van der Waals surface area contributed by atoms with Crippen molar-refractivity contribution in [2.24, 2.45) is 0 Å². The van der Waals surface area contributed by atoms with Gasteiger partial charge in [-0.05, 0) is 49.9 Å². The summed E-state index contributed by atoms with van der Waals surface area (Å²) in [6.45, 7) is 2.43. The molecule has 3 fully saturated rings. The Hall–Kier alpha value is -2.05. The van der Waals surface area contributed by atoms with Gasteiger partial charge in [0.05, 0.1) is 12.1 Å². The summed E-state index contributed by atoms with van der Waals surface area (Å²) in [4.78, 5) is 24.0. The molecule has 0 bridgehead atoms. The number of carbonyl (C=O) groups excluding carboxylic acids is 1. The predicted molar refractivity (Wildman–Crippen MR) is 97.8 cm³/mol. The van der Waals surface area contributed by atoms with Crippen molar-refractivity contribution in [3.63, 3.8) is 0 Å². The lowest BCUT2D eigenvalue weighted by atomic mass is 9.92. The molecule has 5 heterocycles. The van der Waals surface area contributed by atoms with Crippen LogP contribution < -0.4 is 5.32 Å². The maximum atomic E-state index is 12.8. The number of amides is 1. The topological polar surface area (TPSA) is 67.3 Å². The molecule has 2 aromatic heterocycles. The zero-order chi connectivity index (χ0) is 17.5. The van der Waals surface area contributed by atoms with Crippen LogP contribution in [0.15, 0.2) is 30.5 Å². The predicted octanol–water partition coefficient (Wildman–Crippen LogP) is 1.86. The summed E-state index contributed by atoms with van der Waals surface area (Å²) in [5, 5.41) is 4.55. The molecule has 0 unspecified atom stereocenters. The third kappa shape index (κ3) is 2.87. The van der Waals surface area contributed by atoms with Crippen LogP contribution in [0, 0.1) is 0 Å². The molecule has 6 nitrogen and oxygen atoms in total. The minimum atomic E-state index is -0.0650. The quantitative estimate of drug-likeness (QED) is 0.893. The fourth-order valence-corrected chi connectivity index (χ4v) is 4.61. The van der Waals surface area contributed by atoms with Crippen molar-refractivity contribution in [3.05, 3.63) is 36.2 Å². The fraction of sp³-hybridized carbons (Fsp3) is 0.550. The molecular formula is C20H24N4O2. The van der Waals surface area contributed by atoms with Gasteiger partial charge in [-0.3, -0.25) is 4.79 Å². The van der Waals surface area contributed by atoms with Crippen LogP contribution in [0.2, 0.25) is 0 Å². The standard InChI is InChI=1S/C20H24N4O2/c25-20(17-12-18-16(22-17)7-11-26-18)24-9-5-13(6-10-24)15-4-3-14-2-1-8-21-19(14)23-15/h1-4,8,13,16-18,22H,5-7,9-12H2/t16-,17-,18-/m0/s1. The van der Waals surface area contributed by atoms with Crippen molar-refractivity contribution in [2.75, 3.05) is 19.7 Å². The molecule has 0 radical (unpaired) electrons. The Balaban J connectivity index is 1.22. The Morgan fingerprint density at radius 1 is 1.19 bits per heavy atom. The van der Waals surface area contributed by atoms with Gasteiger partial charge in [0.25, 0.3) is 0 Å². The van der Waals surface area contributed by atoms with E-state index < -0.39 is 0 Å². The summed E-state index contributed by atoms with van der Waals surface area (Å²) in [6.07, 6.45) is 5.80. The summed E-state index contributed by atoms with van der Waals surface area (Å²) >= 11 is 0. The van der Waals surface area contributed by atoms with Crippen molar-refractivity contribution in [2.45, 2.75) is 49.8 Å². The van der Waals surface area contributed by atoms with E-state index in [9.17, 15) is 4.79 Å². The molecule has 2 aromatic rings. The molecule has 136 valence electrons. The third-order valence-electron chi connectivity index (χ3n) is 6.10. The Labute approximate surface area is 152 Å². The fourth-order valence-electron chi connectivity index (χ4n) is 4.61. The summed E-state index contributed by atoms with van der Waals surface area (Å²) in [5.74, 6) is 0.652. The van der Waals surface area contributed by atoms with Gasteiger partial charge in [-0.25, -0.2) is 9.97 Å². The number of hydrogen-bond acceptors (Lipinski definition) is 5. The van der Waals surface area contributed by atoms with Gasteiger partial charge in [-0.2, -0.15) is 0 Å². The molecular weight excluding hydrogens is 328 g/mol. The number of piperidine rings is 1. The molecule has 5 rings (SSSR count). The molecule has 0 aliphatic carbocycles. The highest BCUT2D eigenvalue weighted by molar-refractivity contribution is 5.82. The minimum absolute atomic E-state index is 0.0650. The number of nitrogens with one attached hydrogen (secondary N) is 1. The van der Waals surface area contributed by atoms with Gasteiger partial charge in [-0.15, -0.1) is 0 Å². The SMILES string of the molecule is O=C([C@@H]1C[C@@H]2OCC[C@@H]2N1)N1CCC(c2ccc3cccnc3n2)CC1. The third-order valence-corrected chi connectivity index (χ3v) is 6.10. The first-order valence-electron chi connectivity index (χ1n) is 9.66. The largest absolute Gasteiger partial charge is 0.376 e.